The zero-order valence-electron chi connectivity index (χ0n) is 21.2. The van der Waals surface area contributed by atoms with Gasteiger partial charge in [-0.15, -0.1) is 0 Å². The van der Waals surface area contributed by atoms with Crippen molar-refractivity contribution in [1.29, 1.82) is 0 Å². The molecule has 3 aromatic rings. The number of aliphatic carboxylic acids is 1. The van der Waals surface area contributed by atoms with Crippen LogP contribution in [0.4, 0.5) is 5.82 Å². The number of fused-ring (bicyclic) bond motifs is 2. The molecule has 2 aromatic heterocycles. The lowest BCUT2D eigenvalue weighted by atomic mass is 10.0. The number of aromatic nitrogens is 2. The summed E-state index contributed by atoms with van der Waals surface area (Å²) >= 11 is 0. The van der Waals surface area contributed by atoms with Crippen LogP contribution in [0.5, 0.6) is 0 Å². The number of oxazole rings is 1. The maximum atomic E-state index is 12.3. The van der Waals surface area contributed by atoms with Gasteiger partial charge in [-0.1, -0.05) is 32.0 Å². The predicted octanol–water partition coefficient (Wildman–Crippen LogP) is 4.94. The van der Waals surface area contributed by atoms with Crippen LogP contribution in [0.3, 0.4) is 0 Å². The van der Waals surface area contributed by atoms with Crippen molar-refractivity contribution in [2.75, 3.05) is 31.6 Å². The molecule has 0 radical (unpaired) electrons. The Kier molecular flexibility index (Phi) is 7.53. The van der Waals surface area contributed by atoms with Crippen molar-refractivity contribution in [2.45, 2.75) is 70.4 Å². The third-order valence-corrected chi connectivity index (χ3v) is 7.16. The number of para-hydroxylation sites is 1. The van der Waals surface area contributed by atoms with E-state index in [1.165, 1.54) is 12.0 Å². The second-order valence-corrected chi connectivity index (χ2v) is 10.2. The summed E-state index contributed by atoms with van der Waals surface area (Å²) in [4.78, 5) is 23.7. The molecule has 2 N–H and O–H groups in total. The van der Waals surface area contributed by atoms with Crippen molar-refractivity contribution in [3.63, 3.8) is 0 Å². The van der Waals surface area contributed by atoms with E-state index in [0.717, 1.165) is 50.2 Å². The van der Waals surface area contributed by atoms with Crippen molar-refractivity contribution in [1.82, 2.24) is 14.9 Å². The number of carboxylic acid groups (broad SMARTS) is 1. The number of likely N-dealkylation sites (tertiary alicyclic amines) is 1. The molecule has 1 aromatic carbocycles. The second-order valence-electron chi connectivity index (χ2n) is 10.2. The Morgan fingerprint density at radius 2 is 2.14 bits per heavy atom. The van der Waals surface area contributed by atoms with Gasteiger partial charge >= 0.3 is 5.97 Å². The maximum absolute atomic E-state index is 12.3. The van der Waals surface area contributed by atoms with Crippen molar-refractivity contribution < 1.29 is 19.1 Å². The molecule has 1 fully saturated rings. The van der Waals surface area contributed by atoms with E-state index >= 15 is 0 Å². The third-order valence-electron chi connectivity index (χ3n) is 7.16. The lowest BCUT2D eigenvalue weighted by Gasteiger charge is -2.24. The number of nitrogens with one attached hydrogen (secondary N) is 1. The second kappa shape index (κ2) is 11.0. The summed E-state index contributed by atoms with van der Waals surface area (Å²) in [7, 11) is 0. The molecular weight excluding hydrogens is 456 g/mol. The Balaban J connectivity index is 1.14. The van der Waals surface area contributed by atoms with Crippen LogP contribution in [0.2, 0.25) is 0 Å². The first kappa shape index (κ1) is 24.7. The minimum atomic E-state index is -0.877. The number of rotatable bonds is 10. The molecule has 5 rings (SSSR count). The van der Waals surface area contributed by atoms with E-state index in [1.54, 1.807) is 0 Å². The molecule has 0 aliphatic carbocycles. The summed E-state index contributed by atoms with van der Waals surface area (Å²) in [5, 5.41) is 13.5. The van der Waals surface area contributed by atoms with Crippen LogP contribution in [-0.2, 0) is 22.4 Å². The summed E-state index contributed by atoms with van der Waals surface area (Å²) in [5.41, 5.74) is 4.38. The summed E-state index contributed by atoms with van der Waals surface area (Å²) in [5.74, 6) is 0.942. The first-order valence-corrected chi connectivity index (χ1v) is 13.2. The standard InChI is InChI=1S/C28H36N4O4/c1-18(2)27-31-23-10-5-9-22(25(23)36-27)24(28(33)34)32-15-13-21(17-32)35-16-4-3-8-20-12-11-19-7-6-14-29-26(19)30-20/h5,9-12,18,21,24H,3-4,6-8,13-17H2,1-2H3,(H,29,30)(H,33,34)/t21-,24?/m1/s1. The molecule has 36 heavy (non-hydrogen) atoms. The van der Waals surface area contributed by atoms with Crippen molar-refractivity contribution >= 4 is 22.9 Å². The first-order chi connectivity index (χ1) is 17.5. The van der Waals surface area contributed by atoms with E-state index in [2.05, 4.69) is 22.4 Å². The Bertz CT molecular complexity index is 1210. The molecule has 8 heteroatoms. The van der Waals surface area contributed by atoms with Gasteiger partial charge in [-0.25, -0.2) is 9.97 Å². The number of aryl methyl sites for hydroxylation is 2. The average Bonchev–Trinajstić information content (AvgIpc) is 3.52. The van der Waals surface area contributed by atoms with Gasteiger partial charge < -0.3 is 19.6 Å². The minimum Gasteiger partial charge on any atom is -0.480 e. The zero-order valence-corrected chi connectivity index (χ0v) is 21.2. The first-order valence-electron chi connectivity index (χ1n) is 13.2. The smallest absolute Gasteiger partial charge is 0.325 e. The summed E-state index contributed by atoms with van der Waals surface area (Å²) in [6.07, 6.45) is 6.06. The Labute approximate surface area is 212 Å². The number of hydrogen-bond donors (Lipinski definition) is 2. The molecule has 2 aliphatic heterocycles. The van der Waals surface area contributed by atoms with E-state index < -0.39 is 12.0 Å². The highest BCUT2D eigenvalue weighted by atomic mass is 16.5. The summed E-state index contributed by atoms with van der Waals surface area (Å²) < 4.78 is 12.1. The van der Waals surface area contributed by atoms with Gasteiger partial charge in [-0.05, 0) is 56.2 Å². The molecule has 1 unspecified atom stereocenters. The van der Waals surface area contributed by atoms with Crippen LogP contribution in [0.25, 0.3) is 11.1 Å². The highest BCUT2D eigenvalue weighted by Crippen LogP contribution is 2.33. The molecule has 4 heterocycles. The fraction of sp³-hybridized carbons (Fsp3) is 0.536. The van der Waals surface area contributed by atoms with Crippen molar-refractivity contribution in [2.24, 2.45) is 0 Å². The molecule has 1 saturated heterocycles. The normalized spacial score (nSPS) is 18.9. The van der Waals surface area contributed by atoms with Crippen LogP contribution in [0.1, 0.15) is 74.2 Å². The number of ether oxygens (including phenoxy) is 1. The van der Waals surface area contributed by atoms with Gasteiger partial charge in [0.25, 0.3) is 0 Å². The van der Waals surface area contributed by atoms with Gasteiger partial charge in [-0.3, -0.25) is 9.69 Å². The van der Waals surface area contributed by atoms with E-state index in [0.29, 0.717) is 42.3 Å². The molecule has 0 spiro atoms. The molecule has 0 amide bonds. The van der Waals surface area contributed by atoms with Gasteiger partial charge in [0.05, 0.1) is 6.10 Å². The van der Waals surface area contributed by atoms with Gasteiger partial charge in [0.15, 0.2) is 11.5 Å². The third kappa shape index (κ3) is 5.39. The SMILES string of the molecule is CC(C)c1nc2cccc(C(C(=O)O)N3CC[C@@H](OCCCCc4ccc5c(n4)NCCC5)C3)c2o1. The minimum absolute atomic E-state index is 0.0399. The van der Waals surface area contributed by atoms with Crippen LogP contribution in [-0.4, -0.2) is 58.3 Å². The summed E-state index contributed by atoms with van der Waals surface area (Å²) in [6.45, 7) is 6.98. The van der Waals surface area contributed by atoms with Crippen LogP contribution in [0.15, 0.2) is 34.7 Å². The number of nitrogens with zero attached hydrogens (tertiary/aromatic N) is 3. The molecule has 2 atom stereocenters. The van der Waals surface area contributed by atoms with Crippen LogP contribution >= 0.6 is 0 Å². The fourth-order valence-corrected chi connectivity index (χ4v) is 5.23. The van der Waals surface area contributed by atoms with Crippen molar-refractivity contribution in [3.05, 3.63) is 53.0 Å². The molecule has 192 valence electrons. The highest BCUT2D eigenvalue weighted by molar-refractivity contribution is 5.85. The van der Waals surface area contributed by atoms with Crippen molar-refractivity contribution in [3.8, 4) is 0 Å². The number of pyridine rings is 1. The number of carbonyl (C=O) groups is 1. The Morgan fingerprint density at radius 1 is 1.25 bits per heavy atom. The molecular formula is C28H36N4O4. The Hall–Kier alpha value is -2.97. The number of benzene rings is 1. The number of carboxylic acids is 1. The van der Waals surface area contributed by atoms with E-state index in [9.17, 15) is 9.90 Å². The van der Waals surface area contributed by atoms with Gasteiger partial charge in [-0.2, -0.15) is 0 Å². The van der Waals surface area contributed by atoms with E-state index in [1.807, 2.05) is 36.9 Å². The van der Waals surface area contributed by atoms with Gasteiger partial charge in [0.1, 0.15) is 17.4 Å². The highest BCUT2D eigenvalue weighted by Gasteiger charge is 2.36. The average molecular weight is 493 g/mol. The lowest BCUT2D eigenvalue weighted by molar-refractivity contribution is -0.143. The number of hydrogen-bond acceptors (Lipinski definition) is 7. The topological polar surface area (TPSA) is 101 Å². The number of anilines is 1. The van der Waals surface area contributed by atoms with Crippen LogP contribution < -0.4 is 5.32 Å². The monoisotopic (exact) mass is 492 g/mol. The fourth-order valence-electron chi connectivity index (χ4n) is 5.23. The molecule has 2 aliphatic rings. The molecule has 0 bridgehead atoms. The maximum Gasteiger partial charge on any atom is 0.325 e. The van der Waals surface area contributed by atoms with E-state index in [-0.39, 0.29) is 12.0 Å². The zero-order chi connectivity index (χ0) is 25.1. The van der Waals surface area contributed by atoms with Crippen LogP contribution in [0, 0.1) is 0 Å². The quantitative estimate of drug-likeness (QED) is 0.384. The Morgan fingerprint density at radius 3 is 2.97 bits per heavy atom. The van der Waals surface area contributed by atoms with Gasteiger partial charge in [0, 0.05) is 43.4 Å². The van der Waals surface area contributed by atoms with E-state index in [4.69, 9.17) is 14.1 Å². The summed E-state index contributed by atoms with van der Waals surface area (Å²) in [6, 6.07) is 9.15. The molecule has 8 nitrogen and oxygen atoms in total. The predicted molar refractivity (Wildman–Crippen MR) is 138 cm³/mol. The number of unbranched alkanes of at least 4 members (excludes halogenated alkanes) is 1. The lowest BCUT2D eigenvalue weighted by Crippen LogP contribution is -2.33. The largest absolute Gasteiger partial charge is 0.480 e. The van der Waals surface area contributed by atoms with Gasteiger partial charge in [0.2, 0.25) is 0 Å². The molecule has 0 saturated carbocycles.